The maximum Gasteiger partial charge on any atom is 0.273 e. The first-order chi connectivity index (χ1) is 8.11. The number of nitrogens with one attached hydrogen (secondary N) is 1. The molecule has 0 bridgehead atoms. The lowest BCUT2D eigenvalue weighted by molar-refractivity contribution is -0.384. The number of fused-ring (bicyclic) bond motifs is 1. The summed E-state index contributed by atoms with van der Waals surface area (Å²) in [6.07, 6.45) is -0.783. The highest BCUT2D eigenvalue weighted by Crippen LogP contribution is 2.33. The highest BCUT2D eigenvalue weighted by atomic mass is 16.6. The largest absolute Gasteiger partial charge is 0.476 e. The number of nitro groups is 1. The summed E-state index contributed by atoms with van der Waals surface area (Å²) in [6, 6.07) is 4.02. The van der Waals surface area contributed by atoms with E-state index in [1.54, 1.807) is 0 Å². The topological polar surface area (TPSA) is 90.7 Å². The first-order valence-corrected chi connectivity index (χ1v) is 4.86. The number of hydrogen-bond donors (Lipinski definition) is 1. The van der Waals surface area contributed by atoms with Crippen LogP contribution in [0.3, 0.4) is 0 Å². The van der Waals surface area contributed by atoms with E-state index < -0.39 is 11.0 Å². The molecule has 90 valence electrons. The highest BCUT2D eigenvalue weighted by molar-refractivity contribution is 5.98. The molecule has 1 atom stereocenters. The van der Waals surface area contributed by atoms with Crippen molar-refractivity contribution in [3.8, 4) is 5.75 Å². The number of benzene rings is 1. The van der Waals surface area contributed by atoms with E-state index in [1.807, 2.05) is 0 Å². The molecule has 1 aromatic rings. The molecule has 0 aromatic heterocycles. The maximum atomic E-state index is 11.5. The second kappa shape index (κ2) is 4.38. The molecule has 0 spiro atoms. The van der Waals surface area contributed by atoms with Crippen molar-refractivity contribution in [1.29, 1.82) is 0 Å². The average molecular weight is 238 g/mol. The third-order valence-electron chi connectivity index (χ3n) is 2.31. The van der Waals surface area contributed by atoms with Crippen LogP contribution >= 0.6 is 0 Å². The number of carbonyl (C=O) groups excluding carboxylic acids is 1. The minimum absolute atomic E-state index is 0.0870. The Bertz CT molecular complexity index is 474. The Balaban J connectivity index is 2.30. The van der Waals surface area contributed by atoms with Gasteiger partial charge < -0.3 is 14.8 Å². The Morgan fingerprint density at radius 1 is 1.59 bits per heavy atom. The van der Waals surface area contributed by atoms with Gasteiger partial charge in [-0.3, -0.25) is 14.9 Å². The molecule has 0 radical (unpaired) electrons. The molecule has 0 saturated heterocycles. The second-order valence-electron chi connectivity index (χ2n) is 3.49. The standard InChI is InChI=1S/C10H10N2O5/c1-16-5-9-10(13)11-7-3-2-6(12(14)15)4-8(7)17-9/h2-4,9H,5H2,1H3,(H,11,13). The summed E-state index contributed by atoms with van der Waals surface area (Å²) in [4.78, 5) is 21.6. The van der Waals surface area contributed by atoms with Gasteiger partial charge in [0.15, 0.2) is 5.75 Å². The number of non-ortho nitro benzene ring substituents is 1. The van der Waals surface area contributed by atoms with Gasteiger partial charge in [0.25, 0.3) is 11.6 Å². The van der Waals surface area contributed by atoms with Gasteiger partial charge in [0, 0.05) is 13.2 Å². The fourth-order valence-electron chi connectivity index (χ4n) is 1.51. The minimum atomic E-state index is -0.783. The molecule has 1 unspecified atom stereocenters. The monoisotopic (exact) mass is 238 g/mol. The van der Waals surface area contributed by atoms with Crippen molar-refractivity contribution in [1.82, 2.24) is 0 Å². The number of nitro benzene ring substituents is 1. The molecule has 1 N–H and O–H groups in total. The summed E-state index contributed by atoms with van der Waals surface area (Å²) in [7, 11) is 1.44. The van der Waals surface area contributed by atoms with E-state index in [0.29, 0.717) is 5.69 Å². The zero-order valence-corrected chi connectivity index (χ0v) is 9.00. The van der Waals surface area contributed by atoms with Gasteiger partial charge in [-0.1, -0.05) is 0 Å². The zero-order chi connectivity index (χ0) is 12.4. The van der Waals surface area contributed by atoms with E-state index in [2.05, 4.69) is 5.32 Å². The van der Waals surface area contributed by atoms with E-state index >= 15 is 0 Å². The van der Waals surface area contributed by atoms with Crippen LogP contribution in [0, 0.1) is 10.1 Å². The van der Waals surface area contributed by atoms with Crippen LogP contribution in [0.4, 0.5) is 11.4 Å². The minimum Gasteiger partial charge on any atom is -0.476 e. The van der Waals surface area contributed by atoms with Gasteiger partial charge in [-0.05, 0) is 6.07 Å². The Morgan fingerprint density at radius 2 is 2.35 bits per heavy atom. The Kier molecular flexibility index (Phi) is 2.92. The van der Waals surface area contributed by atoms with Crippen LogP contribution in [-0.4, -0.2) is 30.7 Å². The van der Waals surface area contributed by atoms with Crippen molar-refractivity contribution in [2.24, 2.45) is 0 Å². The number of nitrogens with zero attached hydrogens (tertiary/aromatic N) is 1. The van der Waals surface area contributed by atoms with Crippen LogP contribution in [-0.2, 0) is 9.53 Å². The lowest BCUT2D eigenvalue weighted by atomic mass is 10.2. The Labute approximate surface area is 96.5 Å². The van der Waals surface area contributed by atoms with Crippen molar-refractivity contribution < 1.29 is 19.2 Å². The first kappa shape index (κ1) is 11.3. The van der Waals surface area contributed by atoms with Crippen LogP contribution < -0.4 is 10.1 Å². The lowest BCUT2D eigenvalue weighted by Crippen LogP contribution is -2.40. The number of hydrogen-bond acceptors (Lipinski definition) is 5. The van der Waals surface area contributed by atoms with Gasteiger partial charge >= 0.3 is 0 Å². The molecule has 7 nitrogen and oxygen atoms in total. The molecular weight excluding hydrogens is 228 g/mol. The second-order valence-corrected chi connectivity index (χ2v) is 3.49. The summed E-state index contributed by atoms with van der Waals surface area (Å²) in [6.45, 7) is 0.0912. The van der Waals surface area contributed by atoms with Crippen LogP contribution in [0.1, 0.15) is 0 Å². The van der Waals surface area contributed by atoms with Crippen molar-refractivity contribution >= 4 is 17.3 Å². The predicted molar refractivity (Wildman–Crippen MR) is 58.0 cm³/mol. The SMILES string of the molecule is COCC1Oc2cc([N+](=O)[O-])ccc2NC1=O. The van der Waals surface area contributed by atoms with E-state index in [4.69, 9.17) is 9.47 Å². The van der Waals surface area contributed by atoms with Crippen molar-refractivity contribution in [3.05, 3.63) is 28.3 Å². The van der Waals surface area contributed by atoms with Gasteiger partial charge in [0.05, 0.1) is 23.3 Å². The van der Waals surface area contributed by atoms with Crippen molar-refractivity contribution in [3.63, 3.8) is 0 Å². The number of anilines is 1. The zero-order valence-electron chi connectivity index (χ0n) is 9.00. The third-order valence-corrected chi connectivity index (χ3v) is 2.31. The van der Waals surface area contributed by atoms with Crippen LogP contribution in [0.2, 0.25) is 0 Å². The number of carbonyl (C=O) groups is 1. The van der Waals surface area contributed by atoms with E-state index in [0.717, 1.165) is 0 Å². The van der Waals surface area contributed by atoms with Gasteiger partial charge in [0.2, 0.25) is 6.10 Å². The maximum absolute atomic E-state index is 11.5. The van der Waals surface area contributed by atoms with E-state index in [9.17, 15) is 14.9 Å². The van der Waals surface area contributed by atoms with Gasteiger partial charge in [-0.2, -0.15) is 0 Å². The molecule has 0 saturated carbocycles. The number of ether oxygens (including phenoxy) is 2. The average Bonchev–Trinajstić information content (AvgIpc) is 2.29. The summed E-state index contributed by atoms with van der Waals surface area (Å²) in [5, 5.41) is 13.2. The molecule has 7 heteroatoms. The first-order valence-electron chi connectivity index (χ1n) is 4.86. The van der Waals surface area contributed by atoms with Gasteiger partial charge in [-0.25, -0.2) is 0 Å². The molecule has 1 heterocycles. The fourth-order valence-corrected chi connectivity index (χ4v) is 1.51. The predicted octanol–water partition coefficient (Wildman–Crippen LogP) is 0.941. The normalized spacial score (nSPS) is 17.9. The molecule has 1 aliphatic heterocycles. The summed E-state index contributed by atoms with van der Waals surface area (Å²) >= 11 is 0. The van der Waals surface area contributed by atoms with Crippen LogP contribution in [0.5, 0.6) is 5.75 Å². The molecule has 17 heavy (non-hydrogen) atoms. The van der Waals surface area contributed by atoms with E-state index in [1.165, 1.54) is 25.3 Å². The molecule has 1 amide bonds. The quantitative estimate of drug-likeness (QED) is 0.625. The Hall–Kier alpha value is -2.15. The fraction of sp³-hybridized carbons (Fsp3) is 0.300. The molecular formula is C10H10N2O5. The number of rotatable bonds is 3. The van der Waals surface area contributed by atoms with Gasteiger partial charge in [-0.15, -0.1) is 0 Å². The Morgan fingerprint density at radius 3 is 3.00 bits per heavy atom. The van der Waals surface area contributed by atoms with Gasteiger partial charge in [0.1, 0.15) is 0 Å². The lowest BCUT2D eigenvalue weighted by Gasteiger charge is -2.24. The molecule has 0 fully saturated rings. The van der Waals surface area contributed by atoms with Crippen molar-refractivity contribution in [2.45, 2.75) is 6.10 Å². The number of methoxy groups -OCH3 is 1. The van der Waals surface area contributed by atoms with E-state index in [-0.39, 0.29) is 24.0 Å². The third kappa shape index (κ3) is 2.18. The molecule has 2 rings (SSSR count). The highest BCUT2D eigenvalue weighted by Gasteiger charge is 2.28. The number of amides is 1. The summed E-state index contributed by atoms with van der Waals surface area (Å²) < 4.78 is 10.2. The molecule has 1 aromatic carbocycles. The smallest absolute Gasteiger partial charge is 0.273 e. The molecule has 0 aliphatic carbocycles. The van der Waals surface area contributed by atoms with Crippen LogP contribution in [0.15, 0.2) is 18.2 Å². The van der Waals surface area contributed by atoms with Crippen molar-refractivity contribution in [2.75, 3.05) is 19.0 Å². The summed E-state index contributed by atoms with van der Waals surface area (Å²) in [5.41, 5.74) is 0.337. The summed E-state index contributed by atoms with van der Waals surface area (Å²) in [5.74, 6) is -0.0472. The molecule has 1 aliphatic rings. The van der Waals surface area contributed by atoms with Crippen LogP contribution in [0.25, 0.3) is 0 Å².